The molecule has 0 saturated carbocycles. The molecule has 0 aliphatic rings. The van der Waals surface area contributed by atoms with Gasteiger partial charge in [0.05, 0.1) is 14.9 Å². The van der Waals surface area contributed by atoms with Crippen LogP contribution in [0.3, 0.4) is 0 Å². The van der Waals surface area contributed by atoms with Gasteiger partial charge in [-0.1, -0.05) is 51.8 Å². The van der Waals surface area contributed by atoms with Crippen LogP contribution in [-0.4, -0.2) is 58.1 Å². The lowest BCUT2D eigenvalue weighted by Gasteiger charge is -2.22. The van der Waals surface area contributed by atoms with Gasteiger partial charge in [0.1, 0.15) is 5.88 Å². The molecule has 0 aromatic carbocycles. The molecule has 1 atom stereocenters. The van der Waals surface area contributed by atoms with Crippen molar-refractivity contribution in [2.24, 2.45) is 0 Å². The van der Waals surface area contributed by atoms with Crippen LogP contribution in [0.25, 0.3) is 0 Å². The van der Waals surface area contributed by atoms with Gasteiger partial charge in [0, 0.05) is 25.3 Å². The molecule has 0 heterocycles. The molecule has 0 fully saturated rings. The largest absolute Gasteiger partial charge is 0.385 e. The highest BCUT2D eigenvalue weighted by molar-refractivity contribution is 14.1. The van der Waals surface area contributed by atoms with Crippen molar-refractivity contribution in [3.05, 3.63) is 12.3 Å². The molecule has 24 heavy (non-hydrogen) atoms. The Morgan fingerprint density at radius 3 is 2.08 bits per heavy atom. The predicted octanol–water partition coefficient (Wildman–Crippen LogP) is 0.696. The Balaban J connectivity index is 4.26. The first-order valence-electron chi connectivity index (χ1n) is 7.37. The quantitative estimate of drug-likeness (QED) is 0.146. The average Bonchev–Trinajstić information content (AvgIpc) is 2.59. The average molecular weight is 585 g/mol. The number of hydrogen-bond acceptors (Lipinski definition) is 4. The van der Waals surface area contributed by atoms with E-state index in [0.29, 0.717) is 40.6 Å². The molecular formula is C14H23ClI2N4O3. The van der Waals surface area contributed by atoms with Crippen LogP contribution in [0.2, 0.25) is 0 Å². The zero-order valence-electron chi connectivity index (χ0n) is 13.3. The van der Waals surface area contributed by atoms with Crippen LogP contribution in [0, 0.1) is 0 Å². The van der Waals surface area contributed by atoms with Crippen LogP contribution < -0.4 is 21.3 Å². The Bertz CT molecular complexity index is 438. The maximum atomic E-state index is 11.6. The van der Waals surface area contributed by atoms with Gasteiger partial charge in [-0.3, -0.25) is 14.4 Å². The SMILES string of the molecule is C=C(NCCNC(=O)CCl)[C@H](CCCNC(=O)CI)NC(=O)CI. The summed E-state index contributed by atoms with van der Waals surface area (Å²) in [5.74, 6) is -0.381. The van der Waals surface area contributed by atoms with E-state index in [-0.39, 0.29) is 29.6 Å². The molecular weight excluding hydrogens is 561 g/mol. The van der Waals surface area contributed by atoms with Crippen molar-refractivity contribution in [2.75, 3.05) is 34.4 Å². The normalized spacial score (nSPS) is 11.3. The predicted molar refractivity (Wildman–Crippen MR) is 113 cm³/mol. The molecule has 0 spiro atoms. The molecule has 0 rings (SSSR count). The van der Waals surface area contributed by atoms with Gasteiger partial charge in [0.15, 0.2) is 0 Å². The maximum absolute atomic E-state index is 11.6. The van der Waals surface area contributed by atoms with Gasteiger partial charge in [-0.15, -0.1) is 11.6 Å². The number of amides is 3. The van der Waals surface area contributed by atoms with Crippen molar-refractivity contribution < 1.29 is 14.4 Å². The van der Waals surface area contributed by atoms with Crippen LogP contribution in [0.5, 0.6) is 0 Å². The van der Waals surface area contributed by atoms with Gasteiger partial charge in [-0.25, -0.2) is 0 Å². The summed E-state index contributed by atoms with van der Waals surface area (Å²) in [5.41, 5.74) is 0.675. The van der Waals surface area contributed by atoms with Crippen molar-refractivity contribution in [3.63, 3.8) is 0 Å². The summed E-state index contributed by atoms with van der Waals surface area (Å²) >= 11 is 9.39. The van der Waals surface area contributed by atoms with Crippen molar-refractivity contribution >= 4 is 74.5 Å². The van der Waals surface area contributed by atoms with Crippen LogP contribution in [0.4, 0.5) is 0 Å². The third kappa shape index (κ3) is 12.1. The van der Waals surface area contributed by atoms with E-state index < -0.39 is 0 Å². The zero-order valence-corrected chi connectivity index (χ0v) is 18.4. The zero-order chi connectivity index (χ0) is 18.4. The summed E-state index contributed by atoms with van der Waals surface area (Å²) in [6, 6.07) is -0.229. The Labute approximate surface area is 174 Å². The minimum atomic E-state index is -0.232. The highest BCUT2D eigenvalue weighted by Gasteiger charge is 2.15. The number of halogens is 3. The standard InChI is InChI=1S/C14H23ClI2N4O3/c1-10(18-5-6-20-12(22)7-15)11(21-14(24)9-17)3-2-4-19-13(23)8-16/h11,18H,1-9H2,(H,19,23)(H,20,22)(H,21,24)/t11-/m0/s1. The second kappa shape index (κ2) is 15.0. The fraction of sp³-hybridized carbons (Fsp3) is 0.643. The second-order valence-electron chi connectivity index (χ2n) is 4.82. The van der Waals surface area contributed by atoms with Gasteiger partial charge in [0.2, 0.25) is 17.7 Å². The number of carbonyl (C=O) groups excluding carboxylic acids is 3. The maximum Gasteiger partial charge on any atom is 0.234 e. The van der Waals surface area contributed by atoms with Crippen LogP contribution >= 0.6 is 56.8 Å². The van der Waals surface area contributed by atoms with Crippen LogP contribution in [-0.2, 0) is 14.4 Å². The Hall–Kier alpha value is -0.300. The molecule has 10 heteroatoms. The number of hydrogen-bond donors (Lipinski definition) is 4. The van der Waals surface area contributed by atoms with E-state index in [0.717, 1.165) is 6.42 Å². The number of rotatable bonds is 13. The molecule has 0 bridgehead atoms. The van der Waals surface area contributed by atoms with Gasteiger partial charge < -0.3 is 21.3 Å². The topological polar surface area (TPSA) is 99.3 Å². The molecule has 0 aliphatic carbocycles. The summed E-state index contributed by atoms with van der Waals surface area (Å²) in [7, 11) is 0. The number of carbonyl (C=O) groups is 3. The van der Waals surface area contributed by atoms with E-state index in [2.05, 4.69) is 27.8 Å². The smallest absolute Gasteiger partial charge is 0.234 e. The molecule has 0 aliphatic heterocycles. The minimum absolute atomic E-state index is 0.00423. The van der Waals surface area contributed by atoms with E-state index in [9.17, 15) is 14.4 Å². The van der Waals surface area contributed by atoms with Gasteiger partial charge in [0.25, 0.3) is 0 Å². The number of nitrogens with one attached hydrogen (secondary N) is 4. The van der Waals surface area contributed by atoms with Crippen molar-refractivity contribution in [2.45, 2.75) is 18.9 Å². The van der Waals surface area contributed by atoms with Crippen LogP contribution in [0.1, 0.15) is 12.8 Å². The third-order valence-corrected chi connectivity index (χ3v) is 4.54. The summed E-state index contributed by atoms with van der Waals surface area (Å²) in [4.78, 5) is 33.9. The fourth-order valence-electron chi connectivity index (χ4n) is 1.74. The van der Waals surface area contributed by atoms with E-state index >= 15 is 0 Å². The third-order valence-electron chi connectivity index (χ3n) is 2.91. The molecule has 7 nitrogen and oxygen atoms in total. The fourth-order valence-corrected chi connectivity index (χ4v) is 2.33. The van der Waals surface area contributed by atoms with E-state index in [1.165, 1.54) is 0 Å². The molecule has 0 unspecified atom stereocenters. The van der Waals surface area contributed by atoms with Gasteiger partial charge >= 0.3 is 0 Å². The first-order chi connectivity index (χ1) is 11.4. The van der Waals surface area contributed by atoms with Crippen molar-refractivity contribution in [1.82, 2.24) is 21.3 Å². The summed E-state index contributed by atoms with van der Waals surface area (Å²) < 4.78 is 0.786. The van der Waals surface area contributed by atoms with E-state index in [1.54, 1.807) is 0 Å². The summed E-state index contributed by atoms with van der Waals surface area (Å²) in [5, 5.41) is 11.4. The summed E-state index contributed by atoms with van der Waals surface area (Å²) in [6.07, 6.45) is 1.38. The minimum Gasteiger partial charge on any atom is -0.385 e. The summed E-state index contributed by atoms with van der Waals surface area (Å²) in [6.45, 7) is 5.42. The van der Waals surface area contributed by atoms with Crippen LogP contribution in [0.15, 0.2) is 12.3 Å². The lowest BCUT2D eigenvalue weighted by molar-refractivity contribution is -0.119. The van der Waals surface area contributed by atoms with Crippen molar-refractivity contribution in [1.29, 1.82) is 0 Å². The lowest BCUT2D eigenvalue weighted by Crippen LogP contribution is -2.42. The molecule has 0 aromatic heterocycles. The second-order valence-corrected chi connectivity index (χ2v) is 6.61. The first-order valence-corrected chi connectivity index (χ1v) is 11.0. The molecule has 0 saturated heterocycles. The highest BCUT2D eigenvalue weighted by Crippen LogP contribution is 2.05. The van der Waals surface area contributed by atoms with Crippen molar-refractivity contribution in [3.8, 4) is 0 Å². The van der Waals surface area contributed by atoms with Gasteiger partial charge in [-0.05, 0) is 12.8 Å². The van der Waals surface area contributed by atoms with E-state index in [1.807, 2.05) is 45.2 Å². The first kappa shape index (κ1) is 23.7. The Morgan fingerprint density at radius 2 is 1.50 bits per heavy atom. The number of alkyl halides is 3. The molecule has 4 N–H and O–H groups in total. The Kier molecular flexibility index (Phi) is 14.8. The lowest BCUT2D eigenvalue weighted by atomic mass is 10.1. The highest BCUT2D eigenvalue weighted by atomic mass is 127. The molecule has 0 radical (unpaired) electrons. The molecule has 138 valence electrons. The molecule has 3 amide bonds. The van der Waals surface area contributed by atoms with Gasteiger partial charge in [-0.2, -0.15) is 0 Å². The monoisotopic (exact) mass is 584 g/mol. The molecule has 0 aromatic rings. The van der Waals surface area contributed by atoms with E-state index in [4.69, 9.17) is 11.6 Å². The Morgan fingerprint density at radius 1 is 0.917 bits per heavy atom.